The smallest absolute Gasteiger partial charge is 0.408 e. The van der Waals surface area contributed by atoms with Crippen molar-refractivity contribution in [2.45, 2.75) is 25.4 Å². The summed E-state index contributed by atoms with van der Waals surface area (Å²) >= 11 is 0. The van der Waals surface area contributed by atoms with E-state index in [1.165, 1.54) is 12.3 Å². The molecule has 0 spiro atoms. The number of hydrogen-bond donors (Lipinski definition) is 6. The maximum atomic E-state index is 12.1. The number of anilines is 1. The molecule has 0 aliphatic heterocycles. The Morgan fingerprint density at radius 2 is 1.91 bits per heavy atom. The molecule has 0 aliphatic rings. The fourth-order valence-corrected chi connectivity index (χ4v) is 1.93. The van der Waals surface area contributed by atoms with Gasteiger partial charge in [0.25, 0.3) is 0 Å². The minimum Gasteiger partial charge on any atom is -0.478 e. The van der Waals surface area contributed by atoms with Gasteiger partial charge in [0.2, 0.25) is 12.2 Å². The van der Waals surface area contributed by atoms with Gasteiger partial charge in [-0.15, -0.1) is 4.99 Å². The lowest BCUT2D eigenvalue weighted by atomic mass is 10.2. The molecule has 1 aromatic rings. The molecule has 7 N–H and O–H groups in total. The van der Waals surface area contributed by atoms with E-state index < -0.39 is 24.7 Å². The fourth-order valence-electron chi connectivity index (χ4n) is 1.93. The van der Waals surface area contributed by atoms with E-state index in [0.717, 1.165) is 12.8 Å². The number of aryl methyl sites for hydroxylation is 1. The summed E-state index contributed by atoms with van der Waals surface area (Å²) < 4.78 is 36.3. The molecule has 0 fully saturated rings. The normalized spacial score (nSPS) is 11.7. The fraction of sp³-hybridized carbons (Fsp3) is 0.389. The van der Waals surface area contributed by atoms with Crippen molar-refractivity contribution in [3.63, 3.8) is 0 Å². The van der Waals surface area contributed by atoms with Crippen molar-refractivity contribution in [2.75, 3.05) is 25.5 Å². The van der Waals surface area contributed by atoms with Crippen LogP contribution in [-0.2, 0) is 16.0 Å². The van der Waals surface area contributed by atoms with Crippen LogP contribution in [0.3, 0.4) is 0 Å². The number of carbonyl (C=O) groups is 2. The predicted molar refractivity (Wildman–Crippen MR) is 116 cm³/mol. The molecule has 1 heterocycles. The van der Waals surface area contributed by atoms with Crippen LogP contribution in [0.5, 0.6) is 0 Å². The first-order valence-electron chi connectivity index (χ1n) is 9.44. The van der Waals surface area contributed by atoms with Gasteiger partial charge in [-0.1, -0.05) is 0 Å². The average Bonchev–Trinajstić information content (AvgIpc) is 2.75. The van der Waals surface area contributed by atoms with Crippen LogP contribution in [0.2, 0.25) is 0 Å². The zero-order valence-electron chi connectivity index (χ0n) is 18.0. The number of halogens is 3. The van der Waals surface area contributed by atoms with Crippen LogP contribution < -0.4 is 21.7 Å². The van der Waals surface area contributed by atoms with Gasteiger partial charge in [-0.25, -0.2) is 24.5 Å². The lowest BCUT2D eigenvalue weighted by molar-refractivity contribution is -0.134. The summed E-state index contributed by atoms with van der Waals surface area (Å²) in [6.45, 7) is -0.753. The predicted octanol–water partition coefficient (Wildman–Crippen LogP) is 0.446. The number of alkyl halides is 3. The molecule has 0 atom stereocenters. The number of unbranched alkanes of at least 4 members (excludes halogenated alkanes) is 1. The molecule has 0 saturated heterocycles. The maximum Gasteiger partial charge on any atom is 0.408 e. The van der Waals surface area contributed by atoms with Crippen LogP contribution in [-0.4, -0.2) is 70.4 Å². The summed E-state index contributed by atoms with van der Waals surface area (Å²) in [5.41, 5.74) is 5.40. The summed E-state index contributed by atoms with van der Waals surface area (Å²) in [5.74, 6) is -1.69. The average molecular weight is 487 g/mol. The van der Waals surface area contributed by atoms with Gasteiger partial charge < -0.3 is 31.9 Å². The zero-order valence-corrected chi connectivity index (χ0v) is 18.0. The Balaban J connectivity index is 0.00000116. The van der Waals surface area contributed by atoms with E-state index >= 15 is 0 Å². The van der Waals surface area contributed by atoms with Crippen LogP contribution >= 0.6 is 0 Å². The number of hydrogen-bond acceptors (Lipinski definition) is 7. The lowest BCUT2D eigenvalue weighted by Gasteiger charge is -2.08. The second-order valence-corrected chi connectivity index (χ2v) is 6.00. The molecular formula is C18H24F3N9O4. The SMILES string of the molecule is CNC(=NC#N)NCCCCc1nccc(NC(N)=NCC(F)(F)F)n1.O=C(O)C=CC(=O)O. The van der Waals surface area contributed by atoms with E-state index in [9.17, 15) is 22.8 Å². The van der Waals surface area contributed by atoms with Gasteiger partial charge in [-0.05, 0) is 18.9 Å². The molecule has 1 rings (SSSR count). The zero-order chi connectivity index (χ0) is 26.0. The van der Waals surface area contributed by atoms with Crippen molar-refractivity contribution in [1.29, 1.82) is 5.26 Å². The number of nitrogens with one attached hydrogen (secondary N) is 3. The quantitative estimate of drug-likeness (QED) is 0.0925. The van der Waals surface area contributed by atoms with Crippen LogP contribution in [0.4, 0.5) is 19.0 Å². The summed E-state index contributed by atoms with van der Waals surface area (Å²) in [6.07, 6.45) is 1.98. The van der Waals surface area contributed by atoms with E-state index in [0.29, 0.717) is 36.9 Å². The molecule has 0 bridgehead atoms. The molecule has 0 aromatic carbocycles. The second kappa shape index (κ2) is 16.2. The first-order valence-corrected chi connectivity index (χ1v) is 9.44. The number of aliphatic carboxylic acids is 2. The Hall–Kier alpha value is -4.42. The third kappa shape index (κ3) is 17.3. The highest BCUT2D eigenvalue weighted by atomic mass is 19.4. The highest BCUT2D eigenvalue weighted by Crippen LogP contribution is 2.14. The minimum absolute atomic E-state index is 0.273. The molecule has 0 aliphatic carbocycles. The Morgan fingerprint density at radius 3 is 2.44 bits per heavy atom. The van der Waals surface area contributed by atoms with Crippen molar-refractivity contribution in [3.05, 3.63) is 30.2 Å². The van der Waals surface area contributed by atoms with Gasteiger partial charge in [0, 0.05) is 38.4 Å². The van der Waals surface area contributed by atoms with Crippen molar-refractivity contribution in [1.82, 2.24) is 20.6 Å². The number of carboxylic acid groups (broad SMARTS) is 2. The molecule has 1 aromatic heterocycles. The van der Waals surface area contributed by atoms with E-state index in [4.69, 9.17) is 21.2 Å². The van der Waals surface area contributed by atoms with Crippen LogP contribution in [0.15, 0.2) is 34.4 Å². The Bertz CT molecular complexity index is 912. The molecule has 0 unspecified atom stereocenters. The van der Waals surface area contributed by atoms with Crippen LogP contribution in [0.25, 0.3) is 0 Å². The first-order chi connectivity index (χ1) is 16.0. The Kier molecular flexibility index (Phi) is 14.1. The van der Waals surface area contributed by atoms with Crippen molar-refractivity contribution < 1.29 is 33.0 Å². The molecule has 16 heteroatoms. The van der Waals surface area contributed by atoms with Crippen LogP contribution in [0.1, 0.15) is 18.7 Å². The third-order valence-corrected chi connectivity index (χ3v) is 3.28. The molecule has 0 radical (unpaired) electrons. The van der Waals surface area contributed by atoms with E-state index in [1.807, 2.05) is 0 Å². The third-order valence-electron chi connectivity index (χ3n) is 3.28. The number of rotatable bonds is 9. The second-order valence-electron chi connectivity index (χ2n) is 6.00. The molecular weight excluding hydrogens is 463 g/mol. The van der Waals surface area contributed by atoms with Gasteiger partial charge in [0.15, 0.2) is 5.96 Å². The maximum absolute atomic E-state index is 12.1. The van der Waals surface area contributed by atoms with Crippen molar-refractivity contribution >= 4 is 29.7 Å². The van der Waals surface area contributed by atoms with E-state index in [-0.39, 0.29) is 11.8 Å². The number of guanidine groups is 2. The largest absolute Gasteiger partial charge is 0.478 e. The number of aromatic nitrogens is 2. The van der Waals surface area contributed by atoms with Gasteiger partial charge in [-0.3, -0.25) is 0 Å². The van der Waals surface area contributed by atoms with E-state index in [1.54, 1.807) is 13.2 Å². The van der Waals surface area contributed by atoms with Gasteiger partial charge in [-0.2, -0.15) is 18.4 Å². The molecule has 0 saturated carbocycles. The first kappa shape index (κ1) is 29.6. The van der Waals surface area contributed by atoms with Crippen molar-refractivity contribution in [2.24, 2.45) is 15.7 Å². The number of carboxylic acids is 2. The highest BCUT2D eigenvalue weighted by Gasteiger charge is 2.26. The molecule has 186 valence electrons. The Labute approximate surface area is 192 Å². The summed E-state index contributed by atoms with van der Waals surface area (Å²) in [4.78, 5) is 34.1. The van der Waals surface area contributed by atoms with Gasteiger partial charge in [0.1, 0.15) is 18.2 Å². The molecule has 13 nitrogen and oxygen atoms in total. The summed E-state index contributed by atoms with van der Waals surface area (Å²) in [7, 11) is 1.65. The number of nitrogens with two attached hydrogens (primary N) is 1. The Morgan fingerprint density at radius 1 is 1.26 bits per heavy atom. The highest BCUT2D eigenvalue weighted by molar-refractivity contribution is 5.91. The molecule has 34 heavy (non-hydrogen) atoms. The van der Waals surface area contributed by atoms with E-state index in [2.05, 4.69) is 35.9 Å². The monoisotopic (exact) mass is 487 g/mol. The molecule has 0 amide bonds. The topological polar surface area (TPSA) is 211 Å². The summed E-state index contributed by atoms with van der Waals surface area (Å²) in [5, 5.41) is 32.3. The number of aliphatic imine (C=N–C) groups is 2. The minimum atomic E-state index is -4.41. The summed E-state index contributed by atoms with van der Waals surface area (Å²) in [6, 6.07) is 1.48. The van der Waals surface area contributed by atoms with Gasteiger partial charge >= 0.3 is 18.1 Å². The number of nitriles is 1. The lowest BCUT2D eigenvalue weighted by Crippen LogP contribution is -2.35. The number of nitrogens with zero attached hydrogens (tertiary/aromatic N) is 5. The standard InChI is InChI=1S/C14H20F3N9.C4H4O4/c1-20-13(24-9-18)22-6-3-2-4-10-21-7-5-11(25-10)26-12(19)23-8-14(15,16)17;5-3(6)1-2-4(7)8/h5,7H,2-4,6,8H2,1H3,(H2,20,22,24)(H3,19,21,23,25,26);1-2H,(H,5,6)(H,7,8). The van der Waals surface area contributed by atoms with Gasteiger partial charge in [0.05, 0.1) is 0 Å². The van der Waals surface area contributed by atoms with Crippen molar-refractivity contribution in [3.8, 4) is 6.19 Å². The van der Waals surface area contributed by atoms with Crippen LogP contribution in [0, 0.1) is 11.5 Å².